The Morgan fingerprint density at radius 2 is 1.71 bits per heavy atom. The second kappa shape index (κ2) is 6.80. The first-order chi connectivity index (χ1) is 9.77. The van der Waals surface area contributed by atoms with Crippen molar-refractivity contribution in [3.8, 4) is 0 Å². The van der Waals surface area contributed by atoms with Gasteiger partial charge in [0.1, 0.15) is 0 Å². The molecule has 2 N–H and O–H groups in total. The van der Waals surface area contributed by atoms with Crippen molar-refractivity contribution in [2.75, 3.05) is 0 Å². The summed E-state index contributed by atoms with van der Waals surface area (Å²) in [6.07, 6.45) is 0.858. The van der Waals surface area contributed by atoms with Crippen molar-refractivity contribution in [1.29, 1.82) is 0 Å². The third-order valence-corrected chi connectivity index (χ3v) is 5.11. The predicted molar refractivity (Wildman–Crippen MR) is 103 cm³/mol. The number of rotatable bonds is 3. The van der Waals surface area contributed by atoms with Gasteiger partial charge in [0.2, 0.25) is 0 Å². The first-order valence-corrected chi connectivity index (χ1v) is 8.94. The molecular weight excluding hydrogens is 437 g/mol. The zero-order chi connectivity index (χ0) is 15.6. The minimum atomic E-state index is 0.0230. The van der Waals surface area contributed by atoms with E-state index in [0.717, 1.165) is 10.9 Å². The van der Waals surface area contributed by atoms with Crippen LogP contribution in [0.15, 0.2) is 46.9 Å². The van der Waals surface area contributed by atoms with Crippen molar-refractivity contribution in [3.63, 3.8) is 0 Å². The molecule has 0 aromatic heterocycles. The molecule has 0 saturated heterocycles. The minimum absolute atomic E-state index is 0.0230. The highest BCUT2D eigenvalue weighted by Crippen LogP contribution is 2.27. The van der Waals surface area contributed by atoms with Crippen molar-refractivity contribution in [1.82, 2.24) is 0 Å². The smallest absolute Gasteiger partial charge is 0.0346 e. The van der Waals surface area contributed by atoms with Crippen LogP contribution in [-0.2, 0) is 11.8 Å². The quantitative estimate of drug-likeness (QED) is 0.597. The molecule has 3 heteroatoms. The van der Waals surface area contributed by atoms with Crippen molar-refractivity contribution in [2.24, 2.45) is 5.73 Å². The van der Waals surface area contributed by atoms with Crippen LogP contribution >= 0.6 is 38.5 Å². The maximum atomic E-state index is 6.39. The van der Waals surface area contributed by atoms with Crippen molar-refractivity contribution in [2.45, 2.75) is 38.6 Å². The van der Waals surface area contributed by atoms with Gasteiger partial charge in [-0.3, -0.25) is 0 Å². The molecule has 0 saturated carbocycles. The molecule has 0 aliphatic rings. The molecule has 1 unspecified atom stereocenters. The van der Waals surface area contributed by atoms with E-state index in [1.165, 1.54) is 20.3 Å². The average Bonchev–Trinajstić information content (AvgIpc) is 2.41. The minimum Gasteiger partial charge on any atom is -0.324 e. The van der Waals surface area contributed by atoms with Gasteiger partial charge in [0.15, 0.2) is 0 Å². The summed E-state index contributed by atoms with van der Waals surface area (Å²) in [7, 11) is 0. The van der Waals surface area contributed by atoms with Gasteiger partial charge in [0, 0.05) is 14.1 Å². The zero-order valence-corrected chi connectivity index (χ0v) is 16.4. The molecule has 0 aliphatic carbocycles. The second-order valence-electron chi connectivity index (χ2n) is 6.42. The van der Waals surface area contributed by atoms with Crippen LogP contribution in [0.2, 0.25) is 0 Å². The monoisotopic (exact) mass is 457 g/mol. The summed E-state index contributed by atoms with van der Waals surface area (Å²) >= 11 is 5.87. The highest BCUT2D eigenvalue weighted by atomic mass is 127. The second-order valence-corrected chi connectivity index (χ2v) is 8.50. The Morgan fingerprint density at radius 1 is 1.10 bits per heavy atom. The first-order valence-electron chi connectivity index (χ1n) is 7.07. The molecule has 1 atom stereocenters. The largest absolute Gasteiger partial charge is 0.324 e. The lowest BCUT2D eigenvalue weighted by molar-refractivity contribution is 0.589. The lowest BCUT2D eigenvalue weighted by Crippen LogP contribution is -2.15. The Hall–Kier alpha value is -0.390. The zero-order valence-electron chi connectivity index (χ0n) is 12.7. The molecule has 0 aliphatic heterocycles. The van der Waals surface area contributed by atoms with Crippen LogP contribution in [0.1, 0.15) is 43.5 Å². The highest BCUT2D eigenvalue weighted by molar-refractivity contribution is 14.1. The van der Waals surface area contributed by atoms with Gasteiger partial charge in [-0.15, -0.1) is 0 Å². The molecule has 0 heterocycles. The first kappa shape index (κ1) is 17.0. The molecule has 2 aromatic rings. The van der Waals surface area contributed by atoms with E-state index in [1.807, 2.05) is 0 Å². The maximum absolute atomic E-state index is 6.39. The fourth-order valence-electron chi connectivity index (χ4n) is 2.30. The summed E-state index contributed by atoms with van der Waals surface area (Å²) in [5, 5.41) is 0. The summed E-state index contributed by atoms with van der Waals surface area (Å²) in [6.45, 7) is 6.70. The lowest BCUT2D eigenvalue weighted by atomic mass is 9.86. The molecule has 0 fully saturated rings. The van der Waals surface area contributed by atoms with Crippen LogP contribution in [0.3, 0.4) is 0 Å². The summed E-state index contributed by atoms with van der Waals surface area (Å²) in [6, 6.07) is 15.1. The van der Waals surface area contributed by atoms with Crippen molar-refractivity contribution >= 4 is 38.5 Å². The Kier molecular flexibility index (Phi) is 5.49. The van der Waals surface area contributed by atoms with Crippen LogP contribution in [0.4, 0.5) is 0 Å². The van der Waals surface area contributed by atoms with Gasteiger partial charge in [0.05, 0.1) is 0 Å². The van der Waals surface area contributed by atoms with E-state index < -0.39 is 0 Å². The molecule has 0 amide bonds. The van der Waals surface area contributed by atoms with Crippen LogP contribution in [0, 0.1) is 3.57 Å². The SMILES string of the molecule is CC(C)(C)c1ccc(CC(N)c2cc(Br)ccc2I)cc1. The fraction of sp³-hybridized carbons (Fsp3) is 0.333. The maximum Gasteiger partial charge on any atom is 0.0346 e. The van der Waals surface area contributed by atoms with Crippen LogP contribution in [0.5, 0.6) is 0 Å². The Labute approximate surface area is 149 Å². The molecule has 112 valence electrons. The molecule has 0 radical (unpaired) electrons. The molecule has 2 rings (SSSR count). The van der Waals surface area contributed by atoms with Crippen LogP contribution in [-0.4, -0.2) is 0 Å². The summed E-state index contributed by atoms with van der Waals surface area (Å²) in [5.41, 5.74) is 10.4. The molecule has 0 bridgehead atoms. The summed E-state index contributed by atoms with van der Waals surface area (Å²) < 4.78 is 2.30. The van der Waals surface area contributed by atoms with Gasteiger partial charge in [0.25, 0.3) is 0 Å². The van der Waals surface area contributed by atoms with Gasteiger partial charge >= 0.3 is 0 Å². The van der Waals surface area contributed by atoms with E-state index in [9.17, 15) is 0 Å². The van der Waals surface area contributed by atoms with Gasteiger partial charge in [-0.1, -0.05) is 61.0 Å². The number of hydrogen-bond acceptors (Lipinski definition) is 1. The van der Waals surface area contributed by atoms with E-state index in [4.69, 9.17) is 5.73 Å². The Morgan fingerprint density at radius 3 is 2.29 bits per heavy atom. The molecular formula is C18H21BrIN. The van der Waals surface area contributed by atoms with Crippen LogP contribution < -0.4 is 5.73 Å². The van der Waals surface area contributed by atoms with Crippen molar-refractivity contribution < 1.29 is 0 Å². The average molecular weight is 458 g/mol. The Bertz CT molecular complexity index is 614. The van der Waals surface area contributed by atoms with Crippen molar-refractivity contribution in [3.05, 3.63) is 67.2 Å². The Balaban J connectivity index is 2.16. The molecule has 0 spiro atoms. The normalized spacial score (nSPS) is 13.2. The van der Waals surface area contributed by atoms with E-state index >= 15 is 0 Å². The summed E-state index contributed by atoms with van der Waals surface area (Å²) in [4.78, 5) is 0. The van der Waals surface area contributed by atoms with Crippen LogP contribution in [0.25, 0.3) is 0 Å². The number of nitrogens with two attached hydrogens (primary N) is 1. The van der Waals surface area contributed by atoms with Gasteiger partial charge in [-0.2, -0.15) is 0 Å². The third-order valence-electron chi connectivity index (χ3n) is 3.63. The number of benzene rings is 2. The lowest BCUT2D eigenvalue weighted by Gasteiger charge is -2.20. The predicted octanol–water partition coefficient (Wildman–Crippen LogP) is 5.59. The number of halogens is 2. The standard InChI is InChI=1S/C18H21BrIN/c1-18(2,3)13-6-4-12(5-7-13)10-17(21)15-11-14(19)8-9-16(15)20/h4-9,11,17H,10,21H2,1-3H3. The van der Waals surface area contributed by atoms with Gasteiger partial charge < -0.3 is 5.73 Å². The molecule has 21 heavy (non-hydrogen) atoms. The summed E-state index contributed by atoms with van der Waals surface area (Å²) in [5.74, 6) is 0. The highest BCUT2D eigenvalue weighted by Gasteiger charge is 2.14. The fourth-order valence-corrected chi connectivity index (χ4v) is 3.42. The molecule has 2 aromatic carbocycles. The molecule has 1 nitrogen and oxygen atoms in total. The number of hydrogen-bond donors (Lipinski definition) is 1. The topological polar surface area (TPSA) is 26.0 Å². The van der Waals surface area contributed by atoms with Gasteiger partial charge in [-0.25, -0.2) is 0 Å². The van der Waals surface area contributed by atoms with E-state index in [0.29, 0.717) is 0 Å². The third kappa shape index (κ3) is 4.54. The van der Waals surface area contributed by atoms with Gasteiger partial charge in [-0.05, 0) is 69.3 Å². The van der Waals surface area contributed by atoms with E-state index in [-0.39, 0.29) is 11.5 Å². The van der Waals surface area contributed by atoms with E-state index in [1.54, 1.807) is 0 Å². The van der Waals surface area contributed by atoms with E-state index in [2.05, 4.69) is 102 Å².